The van der Waals surface area contributed by atoms with Crippen molar-refractivity contribution in [2.24, 2.45) is 5.73 Å². The summed E-state index contributed by atoms with van der Waals surface area (Å²) < 4.78 is 0. The summed E-state index contributed by atoms with van der Waals surface area (Å²) in [5, 5.41) is 38.0. The van der Waals surface area contributed by atoms with Gasteiger partial charge in [0, 0.05) is 36.4 Å². The molecule has 0 aliphatic carbocycles. The summed E-state index contributed by atoms with van der Waals surface area (Å²) in [6.45, 7) is 2.27. The SMILES string of the molecule is C[C@@H](O)[C@H](NC(=O)[C@H](CCCCN)NC(=O)[C@H](Cc1c[nH]c2ccccc12)NC(=O)[C@H](Cc1ccccc1)NC(=O)[C@@H]1CCCN1)C(=O)N[C@@H](Cc1ccccc1)C(=O)O. The van der Waals surface area contributed by atoms with Crippen LogP contribution in [0.5, 0.6) is 0 Å². The molecule has 1 aliphatic rings. The number of amides is 5. The number of rotatable bonds is 22. The van der Waals surface area contributed by atoms with Crippen molar-refractivity contribution in [1.29, 1.82) is 0 Å². The number of nitrogens with two attached hydrogens (primary N) is 1. The zero-order valence-corrected chi connectivity index (χ0v) is 33.7. The summed E-state index contributed by atoms with van der Waals surface area (Å²) in [7, 11) is 0. The van der Waals surface area contributed by atoms with E-state index in [1.54, 1.807) is 36.5 Å². The highest BCUT2D eigenvalue weighted by Gasteiger charge is 2.35. The molecule has 320 valence electrons. The molecule has 16 heteroatoms. The summed E-state index contributed by atoms with van der Waals surface area (Å²) in [4.78, 5) is 84.7. The first-order valence-corrected chi connectivity index (χ1v) is 20.4. The molecule has 0 bridgehead atoms. The van der Waals surface area contributed by atoms with E-state index in [1.807, 2.05) is 54.6 Å². The zero-order chi connectivity index (χ0) is 43.0. The number of aliphatic hydroxyl groups is 1. The molecule has 1 aliphatic heterocycles. The minimum Gasteiger partial charge on any atom is -0.480 e. The van der Waals surface area contributed by atoms with Crippen LogP contribution < -0.4 is 37.6 Å². The first-order chi connectivity index (χ1) is 28.9. The van der Waals surface area contributed by atoms with Crippen LogP contribution in [-0.2, 0) is 48.0 Å². The van der Waals surface area contributed by atoms with Crippen molar-refractivity contribution < 1.29 is 39.0 Å². The minimum atomic E-state index is -1.58. The predicted octanol–water partition coefficient (Wildman–Crippen LogP) is 0.966. The number of carbonyl (C=O) groups is 6. The lowest BCUT2D eigenvalue weighted by Crippen LogP contribution is -2.61. The summed E-state index contributed by atoms with van der Waals surface area (Å²) in [5.74, 6) is -4.70. The Balaban J connectivity index is 1.38. The van der Waals surface area contributed by atoms with Gasteiger partial charge in [-0.05, 0) is 74.9 Å². The lowest BCUT2D eigenvalue weighted by atomic mass is 10.0. The number of para-hydroxylation sites is 1. The van der Waals surface area contributed by atoms with E-state index in [0.717, 1.165) is 22.9 Å². The Morgan fingerprint density at radius 2 is 1.27 bits per heavy atom. The molecule has 0 spiro atoms. The molecule has 1 fully saturated rings. The Hall–Kier alpha value is -6.10. The normalized spacial score (nSPS) is 16.7. The van der Waals surface area contributed by atoms with Crippen LogP contribution in [0.4, 0.5) is 0 Å². The number of aromatic amines is 1. The Morgan fingerprint density at radius 1 is 0.700 bits per heavy atom. The number of carboxylic acid groups (broad SMARTS) is 1. The van der Waals surface area contributed by atoms with Gasteiger partial charge >= 0.3 is 5.97 Å². The molecule has 0 unspecified atom stereocenters. The average molecular weight is 825 g/mol. The fourth-order valence-corrected chi connectivity index (χ4v) is 7.25. The summed E-state index contributed by atoms with van der Waals surface area (Å²) in [6.07, 6.45) is 2.83. The van der Waals surface area contributed by atoms with Crippen LogP contribution in [0.3, 0.4) is 0 Å². The number of H-pyrrole nitrogens is 1. The second-order valence-corrected chi connectivity index (χ2v) is 15.2. The molecule has 1 aromatic heterocycles. The molecule has 1 saturated heterocycles. The van der Waals surface area contributed by atoms with Crippen molar-refractivity contribution in [3.63, 3.8) is 0 Å². The van der Waals surface area contributed by atoms with Gasteiger partial charge in [0.2, 0.25) is 29.5 Å². The molecule has 5 amide bonds. The Morgan fingerprint density at radius 3 is 1.87 bits per heavy atom. The van der Waals surface area contributed by atoms with Gasteiger partial charge in [-0.2, -0.15) is 0 Å². The van der Waals surface area contributed by atoms with Crippen LogP contribution >= 0.6 is 0 Å². The van der Waals surface area contributed by atoms with Crippen LogP contribution in [-0.4, -0.2) is 106 Å². The van der Waals surface area contributed by atoms with Gasteiger partial charge < -0.3 is 52.8 Å². The van der Waals surface area contributed by atoms with Crippen molar-refractivity contribution >= 4 is 46.4 Å². The van der Waals surface area contributed by atoms with Crippen molar-refractivity contribution in [3.8, 4) is 0 Å². The second-order valence-electron chi connectivity index (χ2n) is 15.2. The smallest absolute Gasteiger partial charge is 0.326 e. The summed E-state index contributed by atoms with van der Waals surface area (Å²) in [5.41, 5.74) is 8.72. The van der Waals surface area contributed by atoms with Gasteiger partial charge in [0.25, 0.3) is 0 Å². The summed E-state index contributed by atoms with van der Waals surface area (Å²) in [6, 6.07) is 18.4. The third-order valence-corrected chi connectivity index (χ3v) is 10.6. The van der Waals surface area contributed by atoms with E-state index in [0.29, 0.717) is 43.5 Å². The maximum absolute atomic E-state index is 14.4. The number of aliphatic hydroxyl groups excluding tert-OH is 1. The molecule has 60 heavy (non-hydrogen) atoms. The fourth-order valence-electron chi connectivity index (χ4n) is 7.25. The standard InChI is InChI=1S/C44H56N8O8/c1-27(53)38(43(58)51-37(44(59)60)24-29-15-6-3-7-16-29)52-40(55)34(19-10-11-21-45)48-42(57)36(25-30-26-47-32-18-9-8-17-31(30)32)50-41(56)35(23-28-13-4-2-5-14-28)49-39(54)33-20-12-22-46-33/h2-9,13-18,26-27,33-38,46-47,53H,10-12,19-25,45H2,1H3,(H,48,57)(H,49,54)(H,50,56)(H,51,58)(H,52,55)(H,59,60)/t27-,33+,34+,35+,36+,37+,38+/m1/s1. The minimum absolute atomic E-state index is 0.00556. The van der Waals surface area contributed by atoms with Crippen LogP contribution in [0.1, 0.15) is 55.7 Å². The molecule has 3 aromatic carbocycles. The average Bonchev–Trinajstić information content (AvgIpc) is 3.93. The third-order valence-electron chi connectivity index (χ3n) is 10.6. The number of aliphatic carboxylic acids is 1. The maximum Gasteiger partial charge on any atom is 0.326 e. The van der Waals surface area contributed by atoms with E-state index in [9.17, 15) is 39.0 Å². The quantitative estimate of drug-likeness (QED) is 0.0503. The lowest BCUT2D eigenvalue weighted by Gasteiger charge is -2.28. The van der Waals surface area contributed by atoms with E-state index in [-0.39, 0.29) is 31.6 Å². The number of hydrogen-bond acceptors (Lipinski definition) is 9. The van der Waals surface area contributed by atoms with Gasteiger partial charge in [0.15, 0.2) is 0 Å². The van der Waals surface area contributed by atoms with Crippen molar-refractivity contribution in [1.82, 2.24) is 36.9 Å². The van der Waals surface area contributed by atoms with E-state index < -0.39 is 72.0 Å². The fraction of sp³-hybridized carbons (Fsp3) is 0.409. The molecular weight excluding hydrogens is 769 g/mol. The first-order valence-electron chi connectivity index (χ1n) is 20.4. The van der Waals surface area contributed by atoms with Crippen LogP contribution in [0.2, 0.25) is 0 Å². The molecule has 0 radical (unpaired) electrons. The summed E-state index contributed by atoms with van der Waals surface area (Å²) >= 11 is 0. The van der Waals surface area contributed by atoms with Gasteiger partial charge in [0.1, 0.15) is 30.2 Å². The van der Waals surface area contributed by atoms with Crippen molar-refractivity contribution in [2.75, 3.05) is 13.1 Å². The molecule has 11 N–H and O–H groups in total. The third kappa shape index (κ3) is 12.9. The number of hydrogen-bond donors (Lipinski definition) is 10. The monoisotopic (exact) mass is 824 g/mol. The molecule has 2 heterocycles. The van der Waals surface area contributed by atoms with E-state index in [1.165, 1.54) is 6.92 Å². The highest BCUT2D eigenvalue weighted by atomic mass is 16.4. The van der Waals surface area contributed by atoms with Gasteiger partial charge in [-0.1, -0.05) is 78.9 Å². The van der Waals surface area contributed by atoms with Gasteiger partial charge in [-0.3, -0.25) is 24.0 Å². The molecule has 0 saturated carbocycles. The zero-order valence-electron chi connectivity index (χ0n) is 33.7. The van der Waals surface area contributed by atoms with Crippen LogP contribution in [0, 0.1) is 0 Å². The molecule has 7 atom stereocenters. The van der Waals surface area contributed by atoms with Crippen molar-refractivity contribution in [2.45, 2.75) is 101 Å². The molecular formula is C44H56N8O8. The van der Waals surface area contributed by atoms with E-state index in [2.05, 4.69) is 36.9 Å². The Labute approximate surface area is 348 Å². The number of carbonyl (C=O) groups excluding carboxylic acids is 5. The van der Waals surface area contributed by atoms with Gasteiger partial charge in [-0.25, -0.2) is 4.79 Å². The second kappa shape index (κ2) is 22.3. The van der Waals surface area contributed by atoms with Crippen molar-refractivity contribution in [3.05, 3.63) is 108 Å². The number of aromatic nitrogens is 1. The predicted molar refractivity (Wildman–Crippen MR) is 225 cm³/mol. The number of nitrogens with one attached hydrogen (secondary N) is 7. The molecule has 5 rings (SSSR count). The van der Waals surface area contributed by atoms with Gasteiger partial charge in [-0.15, -0.1) is 0 Å². The van der Waals surface area contributed by atoms with Crippen LogP contribution in [0.25, 0.3) is 10.9 Å². The first kappa shape index (κ1) is 45.0. The van der Waals surface area contributed by atoms with E-state index in [4.69, 9.17) is 5.73 Å². The van der Waals surface area contributed by atoms with Crippen LogP contribution in [0.15, 0.2) is 91.1 Å². The highest BCUT2D eigenvalue weighted by Crippen LogP contribution is 2.20. The Kier molecular flexibility index (Phi) is 16.7. The number of unbranched alkanes of at least 4 members (excludes halogenated alkanes) is 1. The topological polar surface area (TPSA) is 257 Å². The van der Waals surface area contributed by atoms with Gasteiger partial charge in [0.05, 0.1) is 12.1 Å². The molecule has 4 aromatic rings. The lowest BCUT2D eigenvalue weighted by molar-refractivity contribution is -0.143. The number of carboxylic acids is 1. The highest BCUT2D eigenvalue weighted by molar-refractivity contribution is 5.97. The molecule has 16 nitrogen and oxygen atoms in total. The number of fused-ring (bicyclic) bond motifs is 1. The number of benzene rings is 3. The maximum atomic E-state index is 14.4. The van der Waals surface area contributed by atoms with E-state index >= 15 is 0 Å². The largest absolute Gasteiger partial charge is 0.480 e. The Bertz CT molecular complexity index is 2050.